The van der Waals surface area contributed by atoms with Gasteiger partial charge in [0.1, 0.15) is 0 Å². The summed E-state index contributed by atoms with van der Waals surface area (Å²) in [6, 6.07) is 7.71. The number of aliphatic hydroxyl groups excluding tert-OH is 1. The monoisotopic (exact) mass is 300 g/mol. The highest BCUT2D eigenvalue weighted by Crippen LogP contribution is 2.05. The van der Waals surface area contributed by atoms with E-state index >= 15 is 0 Å². The first kappa shape index (κ1) is 17.1. The van der Waals surface area contributed by atoms with Crippen LogP contribution in [0, 0.1) is 0 Å². The third kappa shape index (κ3) is 6.47. The second-order valence-corrected chi connectivity index (χ2v) is 6.85. The molecule has 0 fully saturated rings. The van der Waals surface area contributed by atoms with E-state index in [1.165, 1.54) is 0 Å². The average Bonchev–Trinajstić information content (AvgIpc) is 2.43. The molecular formula is C14H24N2O3S. The van der Waals surface area contributed by atoms with Gasteiger partial charge in [-0.3, -0.25) is 0 Å². The second-order valence-electron chi connectivity index (χ2n) is 4.93. The maximum atomic E-state index is 11.5. The maximum Gasteiger partial charge on any atom is 0.211 e. The van der Waals surface area contributed by atoms with Crippen molar-refractivity contribution < 1.29 is 13.5 Å². The quantitative estimate of drug-likeness (QED) is 0.635. The van der Waals surface area contributed by atoms with E-state index in [4.69, 9.17) is 5.11 Å². The summed E-state index contributed by atoms with van der Waals surface area (Å²) in [4.78, 5) is 0. The van der Waals surface area contributed by atoms with Gasteiger partial charge in [-0.1, -0.05) is 31.2 Å². The van der Waals surface area contributed by atoms with Crippen molar-refractivity contribution in [2.45, 2.75) is 39.5 Å². The molecule has 0 spiro atoms. The fraction of sp³-hybridized carbons (Fsp3) is 0.571. The summed E-state index contributed by atoms with van der Waals surface area (Å²) in [6.07, 6.45) is 0.616. The van der Waals surface area contributed by atoms with Gasteiger partial charge in [-0.05, 0) is 24.5 Å². The molecule has 1 rings (SSSR count). The molecule has 114 valence electrons. The Morgan fingerprint density at radius 1 is 1.30 bits per heavy atom. The summed E-state index contributed by atoms with van der Waals surface area (Å²) in [5.41, 5.74) is 1.94. The zero-order valence-corrected chi connectivity index (χ0v) is 12.9. The van der Waals surface area contributed by atoms with E-state index in [0.29, 0.717) is 19.5 Å². The number of sulfonamides is 1. The molecule has 1 aromatic carbocycles. The van der Waals surface area contributed by atoms with E-state index in [0.717, 1.165) is 11.1 Å². The number of aliphatic hydroxyl groups is 1. The van der Waals surface area contributed by atoms with E-state index in [2.05, 4.69) is 10.0 Å². The van der Waals surface area contributed by atoms with Crippen LogP contribution in [-0.2, 0) is 23.2 Å². The molecule has 1 unspecified atom stereocenters. The van der Waals surface area contributed by atoms with Crippen molar-refractivity contribution in [2.24, 2.45) is 0 Å². The van der Waals surface area contributed by atoms with Gasteiger partial charge in [-0.25, -0.2) is 13.1 Å². The predicted molar refractivity (Wildman–Crippen MR) is 80.7 cm³/mol. The molecule has 1 atom stereocenters. The lowest BCUT2D eigenvalue weighted by Gasteiger charge is -2.15. The van der Waals surface area contributed by atoms with E-state index in [1.807, 2.05) is 38.1 Å². The normalized spacial score (nSPS) is 13.3. The average molecular weight is 300 g/mol. The lowest BCUT2D eigenvalue weighted by molar-refractivity contribution is 0.281. The molecule has 1 aromatic rings. The van der Waals surface area contributed by atoms with Gasteiger partial charge in [0.25, 0.3) is 0 Å². The molecule has 0 saturated heterocycles. The number of hydrogen-bond donors (Lipinski definition) is 3. The van der Waals surface area contributed by atoms with Crippen LogP contribution < -0.4 is 10.0 Å². The van der Waals surface area contributed by atoms with Crippen LogP contribution >= 0.6 is 0 Å². The number of rotatable bonds is 9. The Morgan fingerprint density at radius 3 is 2.65 bits per heavy atom. The fourth-order valence-electron chi connectivity index (χ4n) is 1.80. The van der Waals surface area contributed by atoms with Crippen LogP contribution in [0.1, 0.15) is 31.4 Å². The number of nitrogens with one attached hydrogen (secondary N) is 2. The van der Waals surface area contributed by atoms with Gasteiger partial charge >= 0.3 is 0 Å². The first-order valence-electron chi connectivity index (χ1n) is 6.86. The Hall–Kier alpha value is -0.950. The lowest BCUT2D eigenvalue weighted by atomic mass is 10.1. The van der Waals surface area contributed by atoms with Gasteiger partial charge in [0, 0.05) is 19.1 Å². The standard InChI is InChI=1S/C14H24N2O3S/c1-3-7-20(18,19)16-9-12(2)15-10-13-5-4-6-14(8-13)11-17/h4-6,8,12,15-17H,3,7,9-11H2,1-2H3. The molecule has 0 aliphatic heterocycles. The van der Waals surface area contributed by atoms with Crippen LogP contribution in [0.3, 0.4) is 0 Å². The Morgan fingerprint density at radius 2 is 2.00 bits per heavy atom. The Kier molecular flexibility index (Phi) is 7.15. The van der Waals surface area contributed by atoms with Crippen molar-refractivity contribution >= 4 is 10.0 Å². The number of benzene rings is 1. The zero-order valence-electron chi connectivity index (χ0n) is 12.1. The van der Waals surface area contributed by atoms with Gasteiger partial charge in [0.15, 0.2) is 0 Å². The summed E-state index contributed by atoms with van der Waals surface area (Å²) in [5.74, 6) is 0.165. The fourth-order valence-corrected chi connectivity index (χ4v) is 2.98. The molecule has 0 aliphatic carbocycles. The highest BCUT2D eigenvalue weighted by molar-refractivity contribution is 7.89. The smallest absolute Gasteiger partial charge is 0.211 e. The molecule has 6 heteroatoms. The summed E-state index contributed by atoms with van der Waals surface area (Å²) in [5, 5.41) is 12.3. The minimum absolute atomic E-state index is 0.0280. The minimum Gasteiger partial charge on any atom is -0.392 e. The van der Waals surface area contributed by atoms with Gasteiger partial charge < -0.3 is 10.4 Å². The summed E-state index contributed by atoms with van der Waals surface area (Å²) in [6.45, 7) is 4.83. The van der Waals surface area contributed by atoms with Crippen molar-refractivity contribution in [1.82, 2.24) is 10.0 Å². The van der Waals surface area contributed by atoms with Crippen LogP contribution in [0.4, 0.5) is 0 Å². The highest BCUT2D eigenvalue weighted by Gasteiger charge is 2.10. The van der Waals surface area contributed by atoms with E-state index in [-0.39, 0.29) is 18.4 Å². The van der Waals surface area contributed by atoms with Gasteiger partial charge in [-0.15, -0.1) is 0 Å². The van der Waals surface area contributed by atoms with Crippen LogP contribution in [0.25, 0.3) is 0 Å². The third-order valence-electron chi connectivity index (χ3n) is 2.91. The van der Waals surface area contributed by atoms with E-state index in [9.17, 15) is 8.42 Å². The van der Waals surface area contributed by atoms with Crippen molar-refractivity contribution in [3.05, 3.63) is 35.4 Å². The molecule has 5 nitrogen and oxygen atoms in total. The van der Waals surface area contributed by atoms with E-state index in [1.54, 1.807) is 0 Å². The first-order valence-corrected chi connectivity index (χ1v) is 8.51. The lowest BCUT2D eigenvalue weighted by Crippen LogP contribution is -2.39. The van der Waals surface area contributed by atoms with Crippen LogP contribution in [-0.4, -0.2) is 31.9 Å². The molecule has 20 heavy (non-hydrogen) atoms. The van der Waals surface area contributed by atoms with Crippen LogP contribution in [0.5, 0.6) is 0 Å². The largest absolute Gasteiger partial charge is 0.392 e. The summed E-state index contributed by atoms with van der Waals surface area (Å²) in [7, 11) is -3.14. The Labute approximate surface area is 121 Å². The Balaban J connectivity index is 2.37. The molecule has 0 aromatic heterocycles. The predicted octanol–water partition coefficient (Wildman–Crippen LogP) is 0.986. The number of hydrogen-bond acceptors (Lipinski definition) is 4. The second kappa shape index (κ2) is 8.36. The van der Waals surface area contributed by atoms with E-state index < -0.39 is 10.0 Å². The topological polar surface area (TPSA) is 78.4 Å². The van der Waals surface area contributed by atoms with Gasteiger partial charge in [0.2, 0.25) is 10.0 Å². The SMILES string of the molecule is CCCS(=O)(=O)NCC(C)NCc1cccc(CO)c1. The minimum atomic E-state index is -3.14. The molecule has 0 amide bonds. The molecule has 0 bridgehead atoms. The molecule has 0 radical (unpaired) electrons. The van der Waals surface area contributed by atoms with Crippen molar-refractivity contribution in [3.63, 3.8) is 0 Å². The molecule has 0 saturated carbocycles. The first-order chi connectivity index (χ1) is 9.46. The van der Waals surface area contributed by atoms with Crippen molar-refractivity contribution in [3.8, 4) is 0 Å². The third-order valence-corrected chi connectivity index (χ3v) is 4.46. The summed E-state index contributed by atoms with van der Waals surface area (Å²) >= 11 is 0. The molecule has 3 N–H and O–H groups in total. The van der Waals surface area contributed by atoms with Crippen LogP contribution in [0.2, 0.25) is 0 Å². The van der Waals surface area contributed by atoms with Crippen molar-refractivity contribution in [1.29, 1.82) is 0 Å². The van der Waals surface area contributed by atoms with Crippen LogP contribution in [0.15, 0.2) is 24.3 Å². The molecule has 0 heterocycles. The molecule has 0 aliphatic rings. The molecular weight excluding hydrogens is 276 g/mol. The van der Waals surface area contributed by atoms with Crippen molar-refractivity contribution in [2.75, 3.05) is 12.3 Å². The Bertz CT molecular complexity index is 503. The summed E-state index contributed by atoms with van der Waals surface area (Å²) < 4.78 is 25.6. The maximum absolute atomic E-state index is 11.5. The highest BCUT2D eigenvalue weighted by atomic mass is 32.2. The van der Waals surface area contributed by atoms with Gasteiger partial charge in [0.05, 0.1) is 12.4 Å². The van der Waals surface area contributed by atoms with Gasteiger partial charge in [-0.2, -0.15) is 0 Å². The zero-order chi connectivity index (χ0) is 15.0.